The smallest absolute Gasteiger partial charge is 0.272 e. The van der Waals surface area contributed by atoms with Gasteiger partial charge in [-0.3, -0.25) is 15.0 Å². The average Bonchev–Trinajstić information content (AvgIpc) is 2.63. The third kappa shape index (κ3) is 4.38. The van der Waals surface area contributed by atoms with Gasteiger partial charge in [0.15, 0.2) is 0 Å². The minimum atomic E-state index is -3.67. The second-order valence-corrected chi connectivity index (χ2v) is 9.80. The van der Waals surface area contributed by atoms with Crippen LogP contribution < -0.4 is 0 Å². The van der Waals surface area contributed by atoms with E-state index in [1.54, 1.807) is 25.1 Å². The largest absolute Gasteiger partial charge is 0.296 e. The van der Waals surface area contributed by atoms with Crippen LogP contribution in [0.3, 0.4) is 0 Å². The molecule has 0 unspecified atom stereocenters. The molecule has 3 rings (SSSR count). The molecule has 0 aliphatic carbocycles. The number of piperazine rings is 1. The van der Waals surface area contributed by atoms with E-state index < -0.39 is 10.0 Å². The van der Waals surface area contributed by atoms with Gasteiger partial charge in [-0.15, -0.1) is 0 Å². The third-order valence-corrected chi connectivity index (χ3v) is 7.73. The molecule has 0 bridgehead atoms. The minimum absolute atomic E-state index is 0.0975. The van der Waals surface area contributed by atoms with Crippen LogP contribution in [0.5, 0.6) is 0 Å². The predicted molar refractivity (Wildman–Crippen MR) is 111 cm³/mol. The number of hydrogen-bond acceptors (Lipinski definition) is 5. The summed E-state index contributed by atoms with van der Waals surface area (Å²) >= 11 is 9.40. The normalized spacial score (nSPS) is 16.2. The maximum absolute atomic E-state index is 12.9. The summed E-state index contributed by atoms with van der Waals surface area (Å²) < 4.78 is 27.9. The number of halogens is 2. The summed E-state index contributed by atoms with van der Waals surface area (Å²) in [4.78, 5) is 12.9. The summed E-state index contributed by atoms with van der Waals surface area (Å²) in [5.41, 5.74) is 1.62. The van der Waals surface area contributed by atoms with Crippen LogP contribution in [0.15, 0.2) is 45.8 Å². The van der Waals surface area contributed by atoms with E-state index >= 15 is 0 Å². The lowest BCUT2D eigenvalue weighted by molar-refractivity contribution is -0.385. The zero-order valence-corrected chi connectivity index (χ0v) is 18.3. The van der Waals surface area contributed by atoms with Gasteiger partial charge in [0, 0.05) is 48.8 Å². The van der Waals surface area contributed by atoms with Crippen LogP contribution in [-0.2, 0) is 16.6 Å². The Labute approximate surface area is 177 Å². The Bertz CT molecular complexity index is 1010. The maximum Gasteiger partial charge on any atom is 0.272 e. The van der Waals surface area contributed by atoms with E-state index in [2.05, 4.69) is 20.8 Å². The molecule has 2 aromatic carbocycles. The Morgan fingerprint density at radius 3 is 2.46 bits per heavy atom. The Morgan fingerprint density at radius 1 is 1.18 bits per heavy atom. The fraction of sp³-hybridized carbons (Fsp3) is 0.333. The molecule has 2 aromatic rings. The van der Waals surface area contributed by atoms with Gasteiger partial charge in [-0.2, -0.15) is 4.31 Å². The van der Waals surface area contributed by atoms with E-state index in [0.717, 1.165) is 5.56 Å². The van der Waals surface area contributed by atoms with Crippen molar-refractivity contribution in [3.8, 4) is 0 Å². The molecule has 0 aromatic heterocycles. The van der Waals surface area contributed by atoms with Gasteiger partial charge in [0.2, 0.25) is 10.0 Å². The molecular formula is C18H19BrClN3O4S. The quantitative estimate of drug-likeness (QED) is 0.472. The highest BCUT2D eigenvalue weighted by atomic mass is 79.9. The lowest BCUT2D eigenvalue weighted by Gasteiger charge is -2.34. The SMILES string of the molecule is Cc1c(CN2CCN(S(=O)(=O)c3ccc(Br)cc3Cl)CC2)cccc1[N+](=O)[O-]. The number of rotatable bonds is 5. The highest BCUT2D eigenvalue weighted by Gasteiger charge is 2.30. The highest BCUT2D eigenvalue weighted by Crippen LogP contribution is 2.29. The first-order chi connectivity index (χ1) is 13.2. The first kappa shape index (κ1) is 21.2. The number of nitrogens with zero attached hydrogens (tertiary/aromatic N) is 3. The van der Waals surface area contributed by atoms with Crippen molar-refractivity contribution in [2.75, 3.05) is 26.2 Å². The summed E-state index contributed by atoms with van der Waals surface area (Å²) in [6, 6.07) is 9.76. The van der Waals surface area contributed by atoms with Crippen molar-refractivity contribution >= 4 is 43.2 Å². The van der Waals surface area contributed by atoms with Gasteiger partial charge in [0.25, 0.3) is 5.69 Å². The zero-order valence-electron chi connectivity index (χ0n) is 15.1. The predicted octanol–water partition coefficient (Wildman–Crippen LogP) is 3.83. The van der Waals surface area contributed by atoms with Gasteiger partial charge in [0.1, 0.15) is 4.90 Å². The molecule has 1 aliphatic rings. The van der Waals surface area contributed by atoms with Crippen molar-refractivity contribution in [2.45, 2.75) is 18.4 Å². The van der Waals surface area contributed by atoms with Crippen LogP contribution in [-0.4, -0.2) is 48.7 Å². The van der Waals surface area contributed by atoms with E-state index in [9.17, 15) is 18.5 Å². The summed E-state index contributed by atoms with van der Waals surface area (Å²) in [5.74, 6) is 0. The first-order valence-electron chi connectivity index (χ1n) is 8.60. The minimum Gasteiger partial charge on any atom is -0.296 e. The average molecular weight is 489 g/mol. The molecule has 0 atom stereocenters. The van der Waals surface area contributed by atoms with Crippen molar-refractivity contribution in [3.63, 3.8) is 0 Å². The number of benzene rings is 2. The van der Waals surface area contributed by atoms with Crippen molar-refractivity contribution in [1.82, 2.24) is 9.21 Å². The van der Waals surface area contributed by atoms with Crippen molar-refractivity contribution < 1.29 is 13.3 Å². The molecule has 150 valence electrons. The molecule has 0 amide bonds. The van der Waals surface area contributed by atoms with E-state index in [0.29, 0.717) is 42.8 Å². The van der Waals surface area contributed by atoms with Gasteiger partial charge in [-0.1, -0.05) is 39.7 Å². The summed E-state index contributed by atoms with van der Waals surface area (Å²) in [5, 5.41) is 11.3. The molecule has 0 saturated carbocycles. The molecule has 28 heavy (non-hydrogen) atoms. The fourth-order valence-electron chi connectivity index (χ4n) is 3.23. The molecule has 1 aliphatic heterocycles. The van der Waals surface area contributed by atoms with Crippen LogP contribution in [0, 0.1) is 17.0 Å². The zero-order chi connectivity index (χ0) is 20.5. The van der Waals surface area contributed by atoms with Crippen molar-refractivity contribution in [3.05, 3.63) is 67.1 Å². The Hall–Kier alpha value is -1.52. The highest BCUT2D eigenvalue weighted by molar-refractivity contribution is 9.10. The fourth-order valence-corrected chi connectivity index (χ4v) is 5.66. The Morgan fingerprint density at radius 2 is 1.86 bits per heavy atom. The van der Waals surface area contributed by atoms with Gasteiger partial charge in [-0.05, 0) is 30.7 Å². The van der Waals surface area contributed by atoms with Crippen LogP contribution in [0.1, 0.15) is 11.1 Å². The lowest BCUT2D eigenvalue weighted by Crippen LogP contribution is -2.48. The molecule has 1 fully saturated rings. The monoisotopic (exact) mass is 487 g/mol. The topological polar surface area (TPSA) is 83.8 Å². The Balaban J connectivity index is 1.69. The van der Waals surface area contributed by atoms with E-state index in [1.165, 1.54) is 16.4 Å². The summed E-state index contributed by atoms with van der Waals surface area (Å²) in [6.45, 7) is 4.03. The van der Waals surface area contributed by atoms with Gasteiger partial charge >= 0.3 is 0 Å². The van der Waals surface area contributed by atoms with Crippen LogP contribution >= 0.6 is 27.5 Å². The van der Waals surface area contributed by atoms with Gasteiger partial charge in [-0.25, -0.2) is 8.42 Å². The van der Waals surface area contributed by atoms with E-state index in [4.69, 9.17) is 11.6 Å². The lowest BCUT2D eigenvalue weighted by atomic mass is 10.1. The molecule has 1 heterocycles. The first-order valence-corrected chi connectivity index (χ1v) is 11.2. The summed E-state index contributed by atoms with van der Waals surface area (Å²) in [7, 11) is -3.67. The number of nitro groups is 1. The van der Waals surface area contributed by atoms with Crippen LogP contribution in [0.25, 0.3) is 0 Å². The number of hydrogen-bond donors (Lipinski definition) is 0. The molecule has 10 heteroatoms. The second-order valence-electron chi connectivity index (χ2n) is 6.57. The number of sulfonamides is 1. The van der Waals surface area contributed by atoms with E-state index in [1.807, 2.05) is 6.07 Å². The third-order valence-electron chi connectivity index (χ3n) is 4.85. The van der Waals surface area contributed by atoms with Gasteiger partial charge < -0.3 is 0 Å². The molecule has 0 N–H and O–H groups in total. The molecule has 1 saturated heterocycles. The molecular weight excluding hydrogens is 470 g/mol. The van der Waals surface area contributed by atoms with Crippen molar-refractivity contribution in [1.29, 1.82) is 0 Å². The van der Waals surface area contributed by atoms with Crippen LogP contribution in [0.4, 0.5) is 5.69 Å². The molecule has 7 nitrogen and oxygen atoms in total. The van der Waals surface area contributed by atoms with Crippen LogP contribution in [0.2, 0.25) is 5.02 Å². The summed E-state index contributed by atoms with van der Waals surface area (Å²) in [6.07, 6.45) is 0. The van der Waals surface area contributed by atoms with Crippen molar-refractivity contribution in [2.24, 2.45) is 0 Å². The molecule has 0 radical (unpaired) electrons. The van der Waals surface area contributed by atoms with Gasteiger partial charge in [0.05, 0.1) is 9.95 Å². The standard InChI is InChI=1S/C18H19BrClN3O4S/c1-13-14(3-2-4-17(13)23(24)25)12-21-7-9-22(10-8-21)28(26,27)18-6-5-15(19)11-16(18)20/h2-6,11H,7-10,12H2,1H3. The van der Waals surface area contributed by atoms with E-state index in [-0.39, 0.29) is 20.5 Å². The second kappa shape index (κ2) is 8.46. The number of nitro benzene ring substituents is 1. The molecule has 0 spiro atoms. The maximum atomic E-state index is 12.9. The Kier molecular flexibility index (Phi) is 6.41.